The number of sulfonamides is 1. The van der Waals surface area contributed by atoms with Crippen LogP contribution < -0.4 is 10.5 Å². The summed E-state index contributed by atoms with van der Waals surface area (Å²) in [6.07, 6.45) is 0. The number of halogens is 4. The maximum atomic E-state index is 13.9. The van der Waals surface area contributed by atoms with E-state index in [4.69, 9.17) is 40.5 Å². The van der Waals surface area contributed by atoms with Crippen LogP contribution in [0.2, 0.25) is 15.1 Å². The van der Waals surface area contributed by atoms with Crippen LogP contribution in [0.4, 0.5) is 15.8 Å². The van der Waals surface area contributed by atoms with Crippen LogP contribution in [-0.2, 0) is 10.0 Å². The average Bonchev–Trinajstić information content (AvgIpc) is 2.31. The molecule has 2 aromatic carbocycles. The summed E-state index contributed by atoms with van der Waals surface area (Å²) in [7, 11) is -4.23. The van der Waals surface area contributed by atoms with Gasteiger partial charge in [0.15, 0.2) is 5.82 Å². The van der Waals surface area contributed by atoms with Gasteiger partial charge in [0.2, 0.25) is 0 Å². The second kappa shape index (κ2) is 5.88. The highest BCUT2D eigenvalue weighted by molar-refractivity contribution is 7.92. The Kier molecular flexibility index (Phi) is 4.53. The summed E-state index contributed by atoms with van der Waals surface area (Å²) in [5.74, 6) is -1.09. The van der Waals surface area contributed by atoms with Crippen molar-refractivity contribution in [2.75, 3.05) is 10.5 Å². The SMILES string of the molecule is Nc1cc(Cl)c(F)c(S(=O)(=O)Nc2cc(Cl)cc(Cl)c2)c1. The van der Waals surface area contributed by atoms with Crippen LogP contribution >= 0.6 is 34.8 Å². The van der Waals surface area contributed by atoms with E-state index in [9.17, 15) is 12.8 Å². The number of rotatable bonds is 3. The van der Waals surface area contributed by atoms with Crippen molar-refractivity contribution in [2.24, 2.45) is 0 Å². The van der Waals surface area contributed by atoms with Gasteiger partial charge < -0.3 is 5.73 Å². The molecule has 9 heteroatoms. The number of anilines is 2. The fraction of sp³-hybridized carbons (Fsp3) is 0. The van der Waals surface area contributed by atoms with Crippen molar-refractivity contribution in [2.45, 2.75) is 4.90 Å². The molecule has 0 fully saturated rings. The summed E-state index contributed by atoms with van der Waals surface area (Å²) in [4.78, 5) is -0.663. The Hall–Kier alpha value is -1.21. The number of nitrogens with one attached hydrogen (secondary N) is 1. The quantitative estimate of drug-likeness (QED) is 0.798. The lowest BCUT2D eigenvalue weighted by atomic mass is 10.3. The summed E-state index contributed by atoms with van der Waals surface area (Å²) in [6.45, 7) is 0. The molecule has 21 heavy (non-hydrogen) atoms. The van der Waals surface area contributed by atoms with E-state index in [1.165, 1.54) is 18.2 Å². The van der Waals surface area contributed by atoms with Crippen LogP contribution in [0, 0.1) is 5.82 Å². The minimum absolute atomic E-state index is 0.0194. The summed E-state index contributed by atoms with van der Waals surface area (Å²) < 4.78 is 40.4. The zero-order chi connectivity index (χ0) is 15.8. The first kappa shape index (κ1) is 16.2. The number of hydrogen-bond donors (Lipinski definition) is 2. The van der Waals surface area contributed by atoms with Gasteiger partial charge in [0.05, 0.1) is 10.7 Å². The van der Waals surface area contributed by atoms with E-state index in [0.717, 1.165) is 12.1 Å². The predicted molar refractivity (Wildman–Crippen MR) is 83.1 cm³/mol. The van der Waals surface area contributed by atoms with Gasteiger partial charge in [0.1, 0.15) is 4.90 Å². The van der Waals surface area contributed by atoms with Crippen molar-refractivity contribution < 1.29 is 12.8 Å². The molecule has 0 spiro atoms. The molecule has 0 aliphatic rings. The molecule has 2 rings (SSSR count). The molecule has 0 aliphatic carbocycles. The molecule has 112 valence electrons. The van der Waals surface area contributed by atoms with Gasteiger partial charge in [-0.3, -0.25) is 4.72 Å². The van der Waals surface area contributed by atoms with E-state index < -0.39 is 20.7 Å². The largest absolute Gasteiger partial charge is 0.399 e. The Balaban J connectivity index is 2.48. The van der Waals surface area contributed by atoms with Gasteiger partial charge in [-0.2, -0.15) is 0 Å². The Morgan fingerprint density at radius 3 is 2.14 bits per heavy atom. The molecule has 0 amide bonds. The van der Waals surface area contributed by atoms with Gasteiger partial charge in [0.25, 0.3) is 10.0 Å². The number of hydrogen-bond acceptors (Lipinski definition) is 3. The van der Waals surface area contributed by atoms with Crippen LogP contribution in [0.1, 0.15) is 0 Å². The Bertz CT molecular complexity index is 792. The number of nitrogen functional groups attached to an aromatic ring is 1. The van der Waals surface area contributed by atoms with Crippen molar-refractivity contribution >= 4 is 56.2 Å². The van der Waals surface area contributed by atoms with E-state index in [2.05, 4.69) is 4.72 Å². The molecule has 0 aromatic heterocycles. The van der Waals surface area contributed by atoms with Gasteiger partial charge in [-0.1, -0.05) is 34.8 Å². The van der Waals surface area contributed by atoms with E-state index >= 15 is 0 Å². The Labute approximate surface area is 135 Å². The van der Waals surface area contributed by atoms with Gasteiger partial charge in [-0.25, -0.2) is 12.8 Å². The fourth-order valence-corrected chi connectivity index (χ4v) is 3.59. The second-order valence-electron chi connectivity index (χ2n) is 4.08. The number of nitrogens with two attached hydrogens (primary N) is 1. The minimum Gasteiger partial charge on any atom is -0.399 e. The average molecular weight is 370 g/mol. The van der Waals surface area contributed by atoms with Crippen molar-refractivity contribution in [3.05, 3.63) is 51.2 Å². The number of benzene rings is 2. The van der Waals surface area contributed by atoms with Crippen LogP contribution in [0.5, 0.6) is 0 Å². The molecule has 0 unspecified atom stereocenters. The van der Waals surface area contributed by atoms with Crippen molar-refractivity contribution in [1.82, 2.24) is 0 Å². The van der Waals surface area contributed by atoms with E-state index in [0.29, 0.717) is 0 Å². The molecule has 0 bridgehead atoms. The van der Waals surface area contributed by atoms with Gasteiger partial charge >= 0.3 is 0 Å². The minimum atomic E-state index is -4.23. The highest BCUT2D eigenvalue weighted by Crippen LogP contribution is 2.29. The van der Waals surface area contributed by atoms with Crippen molar-refractivity contribution in [3.63, 3.8) is 0 Å². The Morgan fingerprint density at radius 2 is 1.57 bits per heavy atom. The molecule has 0 radical (unpaired) electrons. The van der Waals surface area contributed by atoms with E-state index in [1.807, 2.05) is 0 Å². The van der Waals surface area contributed by atoms with Gasteiger partial charge in [-0.05, 0) is 30.3 Å². The summed E-state index contributed by atoms with van der Waals surface area (Å²) >= 11 is 17.1. The highest BCUT2D eigenvalue weighted by Gasteiger charge is 2.22. The summed E-state index contributed by atoms with van der Waals surface area (Å²) in [5.41, 5.74) is 5.59. The molecule has 3 N–H and O–H groups in total. The molecule has 0 atom stereocenters. The summed E-state index contributed by atoms with van der Waals surface area (Å²) in [6, 6.07) is 6.17. The normalized spacial score (nSPS) is 11.4. The predicted octanol–water partition coefficient (Wildman–Crippen LogP) is 4.17. The third kappa shape index (κ3) is 3.71. The lowest BCUT2D eigenvalue weighted by Crippen LogP contribution is -2.15. The third-order valence-corrected chi connectivity index (χ3v) is 4.51. The van der Waals surface area contributed by atoms with Crippen molar-refractivity contribution in [1.29, 1.82) is 0 Å². The van der Waals surface area contributed by atoms with Crippen LogP contribution in [0.15, 0.2) is 35.2 Å². The second-order valence-corrected chi connectivity index (χ2v) is 7.01. The van der Waals surface area contributed by atoms with Crippen LogP contribution in [0.25, 0.3) is 0 Å². The Morgan fingerprint density at radius 1 is 1.00 bits per heavy atom. The first-order valence-electron chi connectivity index (χ1n) is 5.42. The lowest BCUT2D eigenvalue weighted by Gasteiger charge is -2.11. The monoisotopic (exact) mass is 368 g/mol. The zero-order valence-electron chi connectivity index (χ0n) is 10.2. The topological polar surface area (TPSA) is 72.2 Å². The van der Waals surface area contributed by atoms with Gasteiger partial charge in [-0.15, -0.1) is 0 Å². The first-order valence-corrected chi connectivity index (χ1v) is 8.04. The highest BCUT2D eigenvalue weighted by atomic mass is 35.5. The summed E-state index contributed by atoms with van der Waals surface area (Å²) in [5, 5.41) is 0.0667. The smallest absolute Gasteiger partial charge is 0.264 e. The lowest BCUT2D eigenvalue weighted by molar-refractivity contribution is 0.571. The van der Waals surface area contributed by atoms with Crippen LogP contribution in [-0.4, -0.2) is 8.42 Å². The molecular weight excluding hydrogens is 362 g/mol. The molecule has 0 heterocycles. The van der Waals surface area contributed by atoms with Crippen molar-refractivity contribution in [3.8, 4) is 0 Å². The third-order valence-electron chi connectivity index (χ3n) is 2.42. The molecule has 0 saturated carbocycles. The molecule has 2 aromatic rings. The van der Waals surface area contributed by atoms with E-state index in [1.54, 1.807) is 0 Å². The molecule has 4 nitrogen and oxygen atoms in total. The van der Waals surface area contributed by atoms with E-state index in [-0.39, 0.29) is 26.4 Å². The zero-order valence-corrected chi connectivity index (χ0v) is 13.3. The maximum absolute atomic E-state index is 13.9. The van der Waals surface area contributed by atoms with Crippen LogP contribution in [0.3, 0.4) is 0 Å². The molecule has 0 aliphatic heterocycles. The maximum Gasteiger partial charge on any atom is 0.264 e. The van der Waals surface area contributed by atoms with Gasteiger partial charge in [0, 0.05) is 15.7 Å². The standard InChI is InChI=1S/C12H8Cl3FN2O2S/c13-6-1-7(14)3-9(2-6)18-21(19,20)11-5-8(17)4-10(15)12(11)16/h1-5,18H,17H2. The fourth-order valence-electron chi connectivity index (χ4n) is 1.60. The molecular formula is C12H8Cl3FN2O2S. The first-order chi connectivity index (χ1) is 9.69. The molecule has 0 saturated heterocycles.